The number of rotatable bonds is 9. The zero-order chi connectivity index (χ0) is 22.1. The van der Waals surface area contributed by atoms with Crippen LogP contribution in [-0.4, -0.2) is 26.8 Å². The van der Waals surface area contributed by atoms with Crippen molar-refractivity contribution in [1.82, 2.24) is 10.9 Å². The van der Waals surface area contributed by atoms with Crippen LogP contribution >= 0.6 is 11.3 Å². The van der Waals surface area contributed by atoms with Crippen LogP contribution < -0.4 is 20.3 Å². The molecule has 0 atom stereocenters. The molecule has 3 aromatic rings. The summed E-state index contributed by atoms with van der Waals surface area (Å²) < 4.78 is 32.9. The minimum Gasteiger partial charge on any atom is -0.494 e. The van der Waals surface area contributed by atoms with Gasteiger partial charge in [-0.15, -0.1) is 11.3 Å². The smallest absolute Gasteiger partial charge is 0.271 e. The molecule has 0 aliphatic heterocycles. The maximum absolute atomic E-state index is 12.5. The molecule has 2 aromatic carbocycles. The SMILES string of the molecule is O=C(CCCOc1ccccc1)NNC(=O)c1ccccc1NS(=O)(=O)c1cccs1. The Kier molecular flexibility index (Phi) is 7.63. The van der Waals surface area contributed by atoms with Crippen molar-refractivity contribution >= 4 is 38.9 Å². The number of carbonyl (C=O) groups is 2. The number of hydrogen-bond acceptors (Lipinski definition) is 6. The summed E-state index contributed by atoms with van der Waals surface area (Å²) >= 11 is 1.07. The number of benzene rings is 2. The predicted octanol–water partition coefficient (Wildman–Crippen LogP) is 3.17. The second-order valence-electron chi connectivity index (χ2n) is 6.35. The number of anilines is 1. The predicted molar refractivity (Wildman–Crippen MR) is 118 cm³/mol. The molecule has 0 fully saturated rings. The summed E-state index contributed by atoms with van der Waals surface area (Å²) in [5, 5.41) is 1.65. The van der Waals surface area contributed by atoms with Crippen LogP contribution in [0, 0.1) is 0 Å². The van der Waals surface area contributed by atoms with Gasteiger partial charge < -0.3 is 4.74 Å². The Bertz CT molecular complexity index is 1120. The first-order chi connectivity index (χ1) is 15.0. The van der Waals surface area contributed by atoms with Crippen molar-refractivity contribution in [3.8, 4) is 5.75 Å². The van der Waals surface area contributed by atoms with Crippen LogP contribution in [0.1, 0.15) is 23.2 Å². The molecule has 2 amide bonds. The lowest BCUT2D eigenvalue weighted by Gasteiger charge is -2.12. The van der Waals surface area contributed by atoms with E-state index in [1.807, 2.05) is 30.3 Å². The monoisotopic (exact) mass is 459 g/mol. The molecule has 1 aromatic heterocycles. The molecule has 0 spiro atoms. The Hall–Kier alpha value is -3.37. The minimum absolute atomic E-state index is 0.0790. The van der Waals surface area contributed by atoms with E-state index in [1.165, 1.54) is 18.2 Å². The van der Waals surface area contributed by atoms with E-state index in [2.05, 4.69) is 15.6 Å². The summed E-state index contributed by atoms with van der Waals surface area (Å²) in [6, 6.07) is 18.5. The van der Waals surface area contributed by atoms with Crippen molar-refractivity contribution in [2.45, 2.75) is 17.1 Å². The number of nitrogens with one attached hydrogen (secondary N) is 3. The van der Waals surface area contributed by atoms with E-state index in [0.29, 0.717) is 13.0 Å². The standard InChI is InChI=1S/C21H21N3O5S2/c25-19(12-6-14-29-16-8-2-1-3-9-16)22-23-21(26)17-10-4-5-11-18(17)24-31(27,28)20-13-7-15-30-20/h1-5,7-11,13,15,24H,6,12,14H2,(H,22,25)(H,23,26). The molecule has 0 saturated heterocycles. The largest absolute Gasteiger partial charge is 0.494 e. The summed E-state index contributed by atoms with van der Waals surface area (Å²) in [5.74, 6) is -0.308. The Morgan fingerprint density at radius 3 is 2.39 bits per heavy atom. The van der Waals surface area contributed by atoms with E-state index >= 15 is 0 Å². The van der Waals surface area contributed by atoms with E-state index in [9.17, 15) is 18.0 Å². The Labute approximate surface area is 184 Å². The van der Waals surface area contributed by atoms with E-state index in [0.717, 1.165) is 17.1 Å². The van der Waals surface area contributed by atoms with Crippen LogP contribution in [0.25, 0.3) is 0 Å². The highest BCUT2D eigenvalue weighted by molar-refractivity contribution is 7.94. The van der Waals surface area contributed by atoms with Crippen LogP contribution in [0.5, 0.6) is 5.75 Å². The third-order valence-electron chi connectivity index (χ3n) is 4.05. The first-order valence-electron chi connectivity index (χ1n) is 9.38. The zero-order valence-electron chi connectivity index (χ0n) is 16.4. The molecule has 3 N–H and O–H groups in total. The van der Waals surface area contributed by atoms with Crippen molar-refractivity contribution in [2.75, 3.05) is 11.3 Å². The minimum atomic E-state index is -3.81. The van der Waals surface area contributed by atoms with Gasteiger partial charge in [-0.2, -0.15) is 0 Å². The van der Waals surface area contributed by atoms with Crippen molar-refractivity contribution < 1.29 is 22.7 Å². The molecule has 3 rings (SSSR count). The summed E-state index contributed by atoms with van der Waals surface area (Å²) in [6.45, 7) is 0.360. The number of para-hydroxylation sites is 2. The Morgan fingerprint density at radius 1 is 0.903 bits per heavy atom. The molecule has 0 aliphatic carbocycles. The third-order valence-corrected chi connectivity index (χ3v) is 6.81. The van der Waals surface area contributed by atoms with Gasteiger partial charge in [-0.25, -0.2) is 8.42 Å². The van der Waals surface area contributed by atoms with E-state index in [1.54, 1.807) is 23.6 Å². The number of carbonyl (C=O) groups excluding carboxylic acids is 2. The Morgan fingerprint density at radius 2 is 1.65 bits per heavy atom. The first kappa shape index (κ1) is 22.3. The number of amides is 2. The number of sulfonamides is 1. The summed E-state index contributed by atoms with van der Waals surface area (Å²) in [6.07, 6.45) is 0.619. The van der Waals surface area contributed by atoms with Gasteiger partial charge in [0.25, 0.3) is 15.9 Å². The van der Waals surface area contributed by atoms with Crippen molar-refractivity contribution in [3.05, 3.63) is 77.7 Å². The lowest BCUT2D eigenvalue weighted by Crippen LogP contribution is -2.41. The zero-order valence-corrected chi connectivity index (χ0v) is 18.0. The first-order valence-corrected chi connectivity index (χ1v) is 11.7. The van der Waals surface area contributed by atoms with E-state index in [4.69, 9.17) is 4.74 Å². The van der Waals surface area contributed by atoms with Gasteiger partial charge in [-0.3, -0.25) is 25.2 Å². The molecular formula is C21H21N3O5S2. The van der Waals surface area contributed by atoms with E-state index in [-0.39, 0.29) is 27.8 Å². The van der Waals surface area contributed by atoms with Crippen molar-refractivity contribution in [3.63, 3.8) is 0 Å². The summed E-state index contributed by atoms with van der Waals surface area (Å²) in [5.41, 5.74) is 4.82. The van der Waals surface area contributed by atoms with Crippen LogP contribution in [0.4, 0.5) is 5.69 Å². The molecular weight excluding hydrogens is 438 g/mol. The third kappa shape index (κ3) is 6.56. The molecule has 31 heavy (non-hydrogen) atoms. The average Bonchev–Trinajstić information content (AvgIpc) is 3.32. The van der Waals surface area contributed by atoms with Crippen LogP contribution in [-0.2, 0) is 14.8 Å². The summed E-state index contributed by atoms with van der Waals surface area (Å²) in [7, 11) is -3.81. The second kappa shape index (κ2) is 10.6. The van der Waals surface area contributed by atoms with Crippen molar-refractivity contribution in [2.24, 2.45) is 0 Å². The molecule has 0 radical (unpaired) electrons. The highest BCUT2D eigenvalue weighted by Crippen LogP contribution is 2.22. The van der Waals surface area contributed by atoms with Gasteiger partial charge in [0.1, 0.15) is 9.96 Å². The maximum Gasteiger partial charge on any atom is 0.271 e. The molecule has 162 valence electrons. The van der Waals surface area contributed by atoms with Crippen LogP contribution in [0.15, 0.2) is 76.3 Å². The quantitative estimate of drug-likeness (QED) is 0.336. The van der Waals surface area contributed by atoms with Crippen molar-refractivity contribution in [1.29, 1.82) is 0 Å². The van der Waals surface area contributed by atoms with E-state index < -0.39 is 15.9 Å². The van der Waals surface area contributed by atoms with Gasteiger partial charge in [0.05, 0.1) is 17.9 Å². The molecule has 0 aliphatic rings. The Balaban J connectivity index is 1.50. The fourth-order valence-electron chi connectivity index (χ4n) is 2.58. The topological polar surface area (TPSA) is 114 Å². The number of hydrazine groups is 1. The van der Waals surface area contributed by atoms with Gasteiger partial charge in [0.15, 0.2) is 0 Å². The molecule has 0 bridgehead atoms. The van der Waals surface area contributed by atoms with Gasteiger partial charge in [0, 0.05) is 6.42 Å². The molecule has 8 nitrogen and oxygen atoms in total. The maximum atomic E-state index is 12.5. The molecule has 0 saturated carbocycles. The highest BCUT2D eigenvalue weighted by Gasteiger charge is 2.19. The number of thiophene rings is 1. The molecule has 0 unspecified atom stereocenters. The normalized spacial score (nSPS) is 10.8. The van der Waals surface area contributed by atoms with Crippen LogP contribution in [0.3, 0.4) is 0 Å². The molecule has 1 heterocycles. The second-order valence-corrected chi connectivity index (χ2v) is 9.21. The lowest BCUT2D eigenvalue weighted by molar-refractivity contribution is -0.122. The van der Waals surface area contributed by atoms with Gasteiger partial charge in [-0.1, -0.05) is 36.4 Å². The van der Waals surface area contributed by atoms with Gasteiger partial charge in [-0.05, 0) is 42.1 Å². The van der Waals surface area contributed by atoms with Gasteiger partial charge >= 0.3 is 0 Å². The van der Waals surface area contributed by atoms with Gasteiger partial charge in [0.2, 0.25) is 5.91 Å². The molecule has 10 heteroatoms. The lowest BCUT2D eigenvalue weighted by atomic mass is 10.2. The fraction of sp³-hybridized carbons (Fsp3) is 0.143. The average molecular weight is 460 g/mol. The fourth-order valence-corrected chi connectivity index (χ4v) is 4.65. The number of ether oxygens (including phenoxy) is 1. The summed E-state index contributed by atoms with van der Waals surface area (Å²) in [4.78, 5) is 24.4. The van der Waals surface area contributed by atoms with Crippen LogP contribution in [0.2, 0.25) is 0 Å². The number of hydrogen-bond donors (Lipinski definition) is 3. The highest BCUT2D eigenvalue weighted by atomic mass is 32.2.